The molecule has 0 unspecified atom stereocenters. The van der Waals surface area contributed by atoms with Crippen LogP contribution in [0.1, 0.15) is 25.3 Å². The van der Waals surface area contributed by atoms with Gasteiger partial charge in [0.25, 0.3) is 0 Å². The third-order valence-corrected chi connectivity index (χ3v) is 3.71. The van der Waals surface area contributed by atoms with E-state index in [-0.39, 0.29) is 5.92 Å². The van der Waals surface area contributed by atoms with Crippen molar-refractivity contribution in [3.8, 4) is 11.5 Å². The average Bonchev–Trinajstić information content (AvgIpc) is 2.38. The average molecular weight is 300 g/mol. The second kappa shape index (κ2) is 5.43. The first kappa shape index (κ1) is 14.2. The highest BCUT2D eigenvalue weighted by Gasteiger charge is 2.17. The Labute approximate surface area is 122 Å². The Morgan fingerprint density at radius 3 is 2.21 bits per heavy atom. The van der Waals surface area contributed by atoms with Gasteiger partial charge in [-0.2, -0.15) is 0 Å². The molecule has 0 aliphatic carbocycles. The van der Waals surface area contributed by atoms with Crippen LogP contribution in [0.15, 0.2) is 12.1 Å². The molecular formula is C14H15Cl2NO2. The number of pyridine rings is 1. The third-order valence-electron chi connectivity index (χ3n) is 3.01. The van der Waals surface area contributed by atoms with Gasteiger partial charge in [-0.05, 0) is 17.5 Å². The van der Waals surface area contributed by atoms with Gasteiger partial charge in [0.05, 0.1) is 19.2 Å². The van der Waals surface area contributed by atoms with Gasteiger partial charge in [-0.1, -0.05) is 37.0 Å². The van der Waals surface area contributed by atoms with Crippen LogP contribution in [-0.2, 0) is 0 Å². The first-order valence-corrected chi connectivity index (χ1v) is 6.65. The van der Waals surface area contributed by atoms with Crippen LogP contribution >= 0.6 is 23.2 Å². The molecule has 0 spiro atoms. The SMILES string of the molecule is COc1cc(OC)c2nc(Cl)c(C(C)C)cc2c1Cl. The van der Waals surface area contributed by atoms with Crippen LogP contribution in [0.5, 0.6) is 11.5 Å². The van der Waals surface area contributed by atoms with E-state index in [0.717, 1.165) is 10.9 Å². The van der Waals surface area contributed by atoms with Gasteiger partial charge in [-0.25, -0.2) is 4.98 Å². The van der Waals surface area contributed by atoms with E-state index in [2.05, 4.69) is 18.8 Å². The van der Waals surface area contributed by atoms with Gasteiger partial charge in [0.15, 0.2) is 0 Å². The topological polar surface area (TPSA) is 31.4 Å². The van der Waals surface area contributed by atoms with Gasteiger partial charge in [-0.15, -0.1) is 0 Å². The van der Waals surface area contributed by atoms with Crippen LogP contribution in [0, 0.1) is 0 Å². The van der Waals surface area contributed by atoms with Crippen molar-refractivity contribution in [1.82, 2.24) is 4.98 Å². The van der Waals surface area contributed by atoms with E-state index >= 15 is 0 Å². The molecule has 0 aliphatic rings. The number of hydrogen-bond acceptors (Lipinski definition) is 3. The monoisotopic (exact) mass is 299 g/mol. The fourth-order valence-electron chi connectivity index (χ4n) is 1.95. The number of halogens is 2. The number of nitrogens with zero attached hydrogens (tertiary/aromatic N) is 1. The Morgan fingerprint density at radius 2 is 1.68 bits per heavy atom. The smallest absolute Gasteiger partial charge is 0.148 e. The molecule has 5 heteroatoms. The number of rotatable bonds is 3. The van der Waals surface area contributed by atoms with E-state index < -0.39 is 0 Å². The number of fused-ring (bicyclic) bond motifs is 1. The summed E-state index contributed by atoms with van der Waals surface area (Å²) in [5.74, 6) is 1.41. The van der Waals surface area contributed by atoms with Gasteiger partial charge in [-0.3, -0.25) is 0 Å². The molecule has 2 rings (SSSR count). The fraction of sp³-hybridized carbons (Fsp3) is 0.357. The number of benzene rings is 1. The predicted octanol–water partition coefficient (Wildman–Crippen LogP) is 4.68. The zero-order valence-electron chi connectivity index (χ0n) is 11.3. The summed E-state index contributed by atoms with van der Waals surface area (Å²) in [7, 11) is 3.15. The van der Waals surface area contributed by atoms with Crippen molar-refractivity contribution >= 4 is 34.1 Å². The zero-order valence-corrected chi connectivity index (χ0v) is 12.8. The molecule has 0 N–H and O–H groups in total. The first-order chi connectivity index (χ1) is 8.99. The largest absolute Gasteiger partial charge is 0.495 e. The second-order valence-corrected chi connectivity index (χ2v) is 5.25. The lowest BCUT2D eigenvalue weighted by Gasteiger charge is -2.14. The van der Waals surface area contributed by atoms with Crippen LogP contribution in [-0.4, -0.2) is 19.2 Å². The van der Waals surface area contributed by atoms with Crippen molar-refractivity contribution in [3.63, 3.8) is 0 Å². The van der Waals surface area contributed by atoms with Crippen molar-refractivity contribution in [2.45, 2.75) is 19.8 Å². The minimum absolute atomic E-state index is 0.262. The first-order valence-electron chi connectivity index (χ1n) is 5.90. The van der Waals surface area contributed by atoms with Crippen LogP contribution in [0.4, 0.5) is 0 Å². The number of methoxy groups -OCH3 is 2. The summed E-state index contributed by atoms with van der Waals surface area (Å²) in [6, 6.07) is 3.66. The summed E-state index contributed by atoms with van der Waals surface area (Å²) >= 11 is 12.5. The lowest BCUT2D eigenvalue weighted by Crippen LogP contribution is -1.97. The lowest BCUT2D eigenvalue weighted by atomic mass is 10.0. The summed E-state index contributed by atoms with van der Waals surface area (Å²) in [6.45, 7) is 4.11. The van der Waals surface area contributed by atoms with Crippen molar-refractivity contribution in [3.05, 3.63) is 27.9 Å². The van der Waals surface area contributed by atoms with Gasteiger partial charge < -0.3 is 9.47 Å². The molecule has 3 nitrogen and oxygen atoms in total. The molecular weight excluding hydrogens is 285 g/mol. The Bertz CT molecular complexity index is 627. The molecule has 102 valence electrons. The number of aromatic nitrogens is 1. The molecule has 1 heterocycles. The van der Waals surface area contributed by atoms with Crippen LogP contribution in [0.2, 0.25) is 10.2 Å². The normalized spacial score (nSPS) is 11.1. The maximum Gasteiger partial charge on any atom is 0.148 e. The van der Waals surface area contributed by atoms with E-state index in [9.17, 15) is 0 Å². The molecule has 0 saturated carbocycles. The Kier molecular flexibility index (Phi) is 4.07. The molecule has 0 amide bonds. The minimum Gasteiger partial charge on any atom is -0.495 e. The highest BCUT2D eigenvalue weighted by Crippen LogP contribution is 2.40. The molecule has 1 aromatic carbocycles. The summed E-state index contributed by atoms with van der Waals surface area (Å²) in [5, 5.41) is 1.78. The summed E-state index contributed by atoms with van der Waals surface area (Å²) < 4.78 is 10.6. The molecule has 19 heavy (non-hydrogen) atoms. The van der Waals surface area contributed by atoms with Gasteiger partial charge in [0.2, 0.25) is 0 Å². The number of hydrogen-bond donors (Lipinski definition) is 0. The zero-order chi connectivity index (χ0) is 14.2. The van der Waals surface area contributed by atoms with E-state index in [4.69, 9.17) is 32.7 Å². The molecule has 1 aromatic heterocycles. The van der Waals surface area contributed by atoms with Gasteiger partial charge in [0, 0.05) is 11.5 Å². The molecule has 0 saturated heterocycles. The molecule has 0 fully saturated rings. The summed E-state index contributed by atoms with van der Waals surface area (Å²) in [4.78, 5) is 4.40. The molecule has 0 aliphatic heterocycles. The summed E-state index contributed by atoms with van der Waals surface area (Å²) in [6.07, 6.45) is 0. The molecule has 0 atom stereocenters. The van der Waals surface area contributed by atoms with Gasteiger partial charge in [0.1, 0.15) is 22.2 Å². The van der Waals surface area contributed by atoms with Crippen molar-refractivity contribution in [1.29, 1.82) is 0 Å². The predicted molar refractivity (Wildman–Crippen MR) is 79.0 cm³/mol. The van der Waals surface area contributed by atoms with Crippen LogP contribution in [0.3, 0.4) is 0 Å². The fourth-order valence-corrected chi connectivity index (χ4v) is 2.59. The van der Waals surface area contributed by atoms with Crippen molar-refractivity contribution in [2.75, 3.05) is 14.2 Å². The lowest BCUT2D eigenvalue weighted by molar-refractivity contribution is 0.397. The van der Waals surface area contributed by atoms with Crippen LogP contribution < -0.4 is 9.47 Å². The Hall–Kier alpha value is -1.19. The van der Waals surface area contributed by atoms with Crippen LogP contribution in [0.25, 0.3) is 10.9 Å². The third kappa shape index (κ3) is 2.45. The quantitative estimate of drug-likeness (QED) is 0.771. The Balaban J connectivity index is 2.86. The van der Waals surface area contributed by atoms with Crippen molar-refractivity contribution in [2.24, 2.45) is 0 Å². The maximum absolute atomic E-state index is 6.34. The molecule has 0 bridgehead atoms. The summed E-state index contributed by atoms with van der Waals surface area (Å²) in [5.41, 5.74) is 1.59. The van der Waals surface area contributed by atoms with Crippen molar-refractivity contribution < 1.29 is 9.47 Å². The molecule has 2 aromatic rings. The highest BCUT2D eigenvalue weighted by atomic mass is 35.5. The maximum atomic E-state index is 6.34. The molecule has 0 radical (unpaired) electrons. The van der Waals surface area contributed by atoms with Gasteiger partial charge >= 0.3 is 0 Å². The van der Waals surface area contributed by atoms with E-state index in [0.29, 0.717) is 27.2 Å². The van der Waals surface area contributed by atoms with E-state index in [1.807, 2.05) is 6.07 Å². The standard InChI is InChI=1S/C14H15Cl2NO2/c1-7(2)8-5-9-12(15)10(18-3)6-11(19-4)13(9)17-14(8)16/h5-7H,1-4H3. The highest BCUT2D eigenvalue weighted by molar-refractivity contribution is 6.37. The van der Waals surface area contributed by atoms with E-state index in [1.54, 1.807) is 20.3 Å². The minimum atomic E-state index is 0.262. The number of ether oxygens (including phenoxy) is 2. The Morgan fingerprint density at radius 1 is 1.05 bits per heavy atom. The van der Waals surface area contributed by atoms with E-state index in [1.165, 1.54) is 0 Å². The second-order valence-electron chi connectivity index (χ2n) is 4.51.